The first-order valence-corrected chi connectivity index (χ1v) is 9.81. The van der Waals surface area contributed by atoms with Gasteiger partial charge in [0.25, 0.3) is 5.69 Å². The van der Waals surface area contributed by atoms with Crippen molar-refractivity contribution < 1.29 is 22.9 Å². The molecular weight excluding hydrogens is 384 g/mol. The summed E-state index contributed by atoms with van der Waals surface area (Å²) in [5.41, 5.74) is 0.780. The summed E-state index contributed by atoms with van der Waals surface area (Å²) in [6.45, 7) is 1.73. The molecule has 1 aliphatic rings. The number of methoxy groups -OCH3 is 1. The van der Waals surface area contributed by atoms with Gasteiger partial charge in [0.15, 0.2) is 0 Å². The maximum Gasteiger partial charge on any atom is 0.335 e. The molecule has 0 radical (unpaired) electrons. The number of hydrogen-bond acceptors (Lipinski definition) is 6. The molecule has 8 nitrogen and oxygen atoms in total. The van der Waals surface area contributed by atoms with Gasteiger partial charge in [-0.2, -0.15) is 4.31 Å². The van der Waals surface area contributed by atoms with Crippen LogP contribution in [0.5, 0.6) is 0 Å². The van der Waals surface area contributed by atoms with E-state index in [4.69, 9.17) is 4.74 Å². The van der Waals surface area contributed by atoms with Crippen LogP contribution in [0.4, 0.5) is 5.69 Å². The lowest BCUT2D eigenvalue weighted by Crippen LogP contribution is -2.33. The van der Waals surface area contributed by atoms with Crippen LogP contribution in [0.1, 0.15) is 17.2 Å². The Labute approximate surface area is 162 Å². The Hall–Kier alpha value is -3.04. The van der Waals surface area contributed by atoms with Gasteiger partial charge in [0.05, 0.1) is 34.1 Å². The smallest absolute Gasteiger partial charge is 0.335 e. The summed E-state index contributed by atoms with van der Waals surface area (Å²) in [6, 6.07) is 10.9. The standard InChI is InChI=1S/C19H18N2O6S/c1-13-7-9-14(10-8-13)28(25,26)20-12-11-16(19(22)27-2)18(20)15-5-3-4-6-17(15)21(23)24/h3-11,18H,12H2,1-2H3. The van der Waals surface area contributed by atoms with Crippen LogP contribution in [-0.2, 0) is 19.6 Å². The highest BCUT2D eigenvalue weighted by Crippen LogP contribution is 2.41. The van der Waals surface area contributed by atoms with Crippen LogP contribution in [0, 0.1) is 17.0 Å². The van der Waals surface area contributed by atoms with Crippen molar-refractivity contribution in [3.63, 3.8) is 0 Å². The minimum Gasteiger partial charge on any atom is -0.466 e. The molecule has 0 saturated heterocycles. The Morgan fingerprint density at radius 2 is 1.82 bits per heavy atom. The van der Waals surface area contributed by atoms with Crippen molar-refractivity contribution in [3.05, 3.63) is 81.4 Å². The van der Waals surface area contributed by atoms with E-state index in [0.29, 0.717) is 0 Å². The molecule has 0 fully saturated rings. The molecule has 2 aromatic rings. The molecule has 1 aliphatic heterocycles. The van der Waals surface area contributed by atoms with E-state index < -0.39 is 27.0 Å². The topological polar surface area (TPSA) is 107 Å². The first kappa shape index (κ1) is 19.7. The lowest BCUT2D eigenvalue weighted by atomic mass is 9.99. The molecule has 1 atom stereocenters. The SMILES string of the molecule is COC(=O)C1=CCN(S(=O)(=O)c2ccc(C)cc2)C1c1ccccc1[N+](=O)[O-]. The second-order valence-corrected chi connectivity index (χ2v) is 8.15. The maximum atomic E-state index is 13.2. The number of carbonyl (C=O) groups is 1. The summed E-state index contributed by atoms with van der Waals surface area (Å²) < 4.78 is 32.3. The van der Waals surface area contributed by atoms with Gasteiger partial charge in [0, 0.05) is 12.6 Å². The summed E-state index contributed by atoms with van der Waals surface area (Å²) in [5.74, 6) is -0.732. The van der Waals surface area contributed by atoms with E-state index in [1.54, 1.807) is 18.2 Å². The number of hydrogen-bond donors (Lipinski definition) is 0. The molecule has 1 unspecified atom stereocenters. The van der Waals surface area contributed by atoms with Gasteiger partial charge in [-0.1, -0.05) is 42.0 Å². The molecule has 0 saturated carbocycles. The van der Waals surface area contributed by atoms with Gasteiger partial charge in [-0.05, 0) is 19.1 Å². The van der Waals surface area contributed by atoms with Crippen LogP contribution < -0.4 is 0 Å². The zero-order valence-electron chi connectivity index (χ0n) is 15.2. The summed E-state index contributed by atoms with van der Waals surface area (Å²) in [4.78, 5) is 23.2. The van der Waals surface area contributed by atoms with Crippen LogP contribution >= 0.6 is 0 Å². The molecule has 0 spiro atoms. The predicted octanol–water partition coefficient (Wildman–Crippen LogP) is 2.75. The Morgan fingerprint density at radius 3 is 2.43 bits per heavy atom. The maximum absolute atomic E-state index is 13.2. The van der Waals surface area contributed by atoms with E-state index in [-0.39, 0.29) is 28.3 Å². The molecule has 0 aliphatic carbocycles. The van der Waals surface area contributed by atoms with E-state index in [1.165, 1.54) is 43.5 Å². The van der Waals surface area contributed by atoms with Crippen molar-refractivity contribution in [3.8, 4) is 0 Å². The number of nitro groups is 1. The van der Waals surface area contributed by atoms with E-state index in [9.17, 15) is 23.3 Å². The first-order chi connectivity index (χ1) is 13.3. The van der Waals surface area contributed by atoms with Crippen LogP contribution in [0.25, 0.3) is 0 Å². The second-order valence-electron chi connectivity index (χ2n) is 6.26. The molecule has 9 heteroatoms. The molecule has 0 bridgehead atoms. The molecule has 146 valence electrons. The van der Waals surface area contributed by atoms with Crippen molar-refractivity contribution >= 4 is 21.7 Å². The van der Waals surface area contributed by atoms with Crippen molar-refractivity contribution in [1.29, 1.82) is 0 Å². The minimum atomic E-state index is -4.02. The number of sulfonamides is 1. The monoisotopic (exact) mass is 402 g/mol. The van der Waals surface area contributed by atoms with Crippen molar-refractivity contribution in [2.45, 2.75) is 17.9 Å². The largest absolute Gasteiger partial charge is 0.466 e. The van der Waals surface area contributed by atoms with Gasteiger partial charge < -0.3 is 4.74 Å². The van der Waals surface area contributed by atoms with Crippen LogP contribution in [0.2, 0.25) is 0 Å². The van der Waals surface area contributed by atoms with Crippen LogP contribution in [0.15, 0.2) is 65.1 Å². The number of aryl methyl sites for hydroxylation is 1. The summed E-state index contributed by atoms with van der Waals surface area (Å²) >= 11 is 0. The molecule has 0 aromatic heterocycles. The average molecular weight is 402 g/mol. The molecule has 28 heavy (non-hydrogen) atoms. The van der Waals surface area contributed by atoms with Crippen LogP contribution in [0.3, 0.4) is 0 Å². The number of nitro benzene ring substituents is 1. The Morgan fingerprint density at radius 1 is 1.18 bits per heavy atom. The van der Waals surface area contributed by atoms with Crippen LogP contribution in [-0.4, -0.2) is 37.3 Å². The fourth-order valence-corrected chi connectivity index (χ4v) is 4.69. The molecule has 0 N–H and O–H groups in total. The third-order valence-electron chi connectivity index (χ3n) is 4.55. The number of para-hydroxylation sites is 1. The number of esters is 1. The number of rotatable bonds is 5. The predicted molar refractivity (Wildman–Crippen MR) is 101 cm³/mol. The summed E-state index contributed by atoms with van der Waals surface area (Å²) in [6.07, 6.45) is 1.43. The van der Waals surface area contributed by atoms with Gasteiger partial charge in [-0.3, -0.25) is 10.1 Å². The van der Waals surface area contributed by atoms with Gasteiger partial charge in [0.2, 0.25) is 10.0 Å². The lowest BCUT2D eigenvalue weighted by Gasteiger charge is -2.26. The zero-order chi connectivity index (χ0) is 20.5. The number of carbonyl (C=O) groups excluding carboxylic acids is 1. The normalized spacial score (nSPS) is 17.2. The summed E-state index contributed by atoms with van der Waals surface area (Å²) in [7, 11) is -2.84. The second kappa shape index (κ2) is 7.53. The highest BCUT2D eigenvalue weighted by molar-refractivity contribution is 7.89. The van der Waals surface area contributed by atoms with E-state index >= 15 is 0 Å². The lowest BCUT2D eigenvalue weighted by molar-refractivity contribution is -0.385. The van der Waals surface area contributed by atoms with Gasteiger partial charge >= 0.3 is 5.97 Å². The molecule has 0 amide bonds. The zero-order valence-corrected chi connectivity index (χ0v) is 16.0. The van der Waals surface area contributed by atoms with E-state index in [0.717, 1.165) is 9.87 Å². The Kier molecular flexibility index (Phi) is 5.30. The number of nitrogens with zero attached hydrogens (tertiary/aromatic N) is 2. The Bertz CT molecular complexity index is 1060. The molecular formula is C19H18N2O6S. The fraction of sp³-hybridized carbons (Fsp3) is 0.211. The molecule has 3 rings (SSSR count). The van der Waals surface area contributed by atoms with Crippen molar-refractivity contribution in [1.82, 2.24) is 4.31 Å². The Balaban J connectivity index is 2.16. The van der Waals surface area contributed by atoms with Gasteiger partial charge in [-0.15, -0.1) is 0 Å². The van der Waals surface area contributed by atoms with E-state index in [2.05, 4.69) is 0 Å². The fourth-order valence-electron chi connectivity index (χ4n) is 3.16. The highest BCUT2D eigenvalue weighted by atomic mass is 32.2. The van der Waals surface area contributed by atoms with Crippen molar-refractivity contribution in [2.24, 2.45) is 0 Å². The quantitative estimate of drug-likeness (QED) is 0.432. The third kappa shape index (κ3) is 3.41. The molecule has 2 aromatic carbocycles. The number of ether oxygens (including phenoxy) is 1. The van der Waals surface area contributed by atoms with E-state index in [1.807, 2.05) is 6.92 Å². The third-order valence-corrected chi connectivity index (χ3v) is 6.40. The highest BCUT2D eigenvalue weighted by Gasteiger charge is 2.43. The first-order valence-electron chi connectivity index (χ1n) is 8.37. The summed E-state index contributed by atoms with van der Waals surface area (Å²) in [5, 5.41) is 11.5. The number of benzene rings is 2. The average Bonchev–Trinajstić information content (AvgIpc) is 3.13. The molecule has 1 heterocycles. The van der Waals surface area contributed by atoms with Gasteiger partial charge in [-0.25, -0.2) is 13.2 Å². The van der Waals surface area contributed by atoms with Gasteiger partial charge in [0.1, 0.15) is 0 Å². The van der Waals surface area contributed by atoms with Crippen molar-refractivity contribution in [2.75, 3.05) is 13.7 Å². The minimum absolute atomic E-state index is 0.0428.